The van der Waals surface area contributed by atoms with Crippen LogP contribution < -0.4 is 10.1 Å². The maximum atomic E-state index is 13.7. The molecule has 2 heterocycles. The first kappa shape index (κ1) is 30.6. The lowest BCUT2D eigenvalue weighted by atomic mass is 9.98. The number of rotatable bonds is 15. The molecule has 0 saturated heterocycles. The minimum Gasteiger partial charge on any atom is -0.493 e. The van der Waals surface area contributed by atoms with Crippen molar-refractivity contribution in [2.75, 3.05) is 26.8 Å². The summed E-state index contributed by atoms with van der Waals surface area (Å²) in [5.41, 5.74) is 6.44. The zero-order valence-electron chi connectivity index (χ0n) is 25.3. The molecule has 7 nitrogen and oxygen atoms in total. The number of hydrogen-bond donors (Lipinski definition) is 2. The molecule has 3 aromatic carbocycles. The zero-order valence-corrected chi connectivity index (χ0v) is 26.1. The Morgan fingerprint density at radius 3 is 2.60 bits per heavy atom. The van der Waals surface area contributed by atoms with Crippen molar-refractivity contribution in [3.8, 4) is 16.9 Å². The largest absolute Gasteiger partial charge is 0.493 e. The molecule has 5 aromatic rings. The molecule has 0 amide bonds. The van der Waals surface area contributed by atoms with Crippen LogP contribution in [0.3, 0.4) is 0 Å². The van der Waals surface area contributed by atoms with Gasteiger partial charge in [0.1, 0.15) is 11.4 Å². The number of aromatic amines is 1. The van der Waals surface area contributed by atoms with E-state index in [9.17, 15) is 4.79 Å². The lowest BCUT2D eigenvalue weighted by Crippen LogP contribution is -2.15. The highest BCUT2D eigenvalue weighted by Crippen LogP contribution is 2.38. The van der Waals surface area contributed by atoms with E-state index in [0.717, 1.165) is 87.7 Å². The number of alkyl halides is 1. The Morgan fingerprint density at radius 2 is 1.79 bits per heavy atom. The molecule has 0 fully saturated rings. The molecule has 0 aliphatic carbocycles. The second kappa shape index (κ2) is 14.6. The van der Waals surface area contributed by atoms with Gasteiger partial charge in [0.05, 0.1) is 30.3 Å². The number of para-hydroxylation sites is 1. The topological polar surface area (TPSA) is 81.2 Å². The van der Waals surface area contributed by atoms with E-state index in [4.69, 9.17) is 21.1 Å². The monoisotopic (exact) mass is 600 g/mol. The molecule has 0 aliphatic rings. The van der Waals surface area contributed by atoms with Gasteiger partial charge in [-0.2, -0.15) is 5.10 Å². The predicted molar refractivity (Wildman–Crippen MR) is 175 cm³/mol. The van der Waals surface area contributed by atoms with E-state index >= 15 is 0 Å². The number of ether oxygens (including phenoxy) is 2. The number of benzene rings is 3. The Hall–Kier alpha value is -3.81. The minimum atomic E-state index is -0.286. The predicted octanol–water partition coefficient (Wildman–Crippen LogP) is 7.81. The van der Waals surface area contributed by atoms with Gasteiger partial charge >= 0.3 is 5.97 Å². The fraction of sp³-hybridized carbons (Fsp3) is 0.371. The van der Waals surface area contributed by atoms with Crippen molar-refractivity contribution in [3.63, 3.8) is 0 Å². The van der Waals surface area contributed by atoms with Gasteiger partial charge in [-0.1, -0.05) is 61.0 Å². The van der Waals surface area contributed by atoms with Gasteiger partial charge in [-0.25, -0.2) is 4.79 Å². The second-order valence-corrected chi connectivity index (χ2v) is 11.1. The summed E-state index contributed by atoms with van der Waals surface area (Å²) >= 11 is 6.33. The van der Waals surface area contributed by atoms with Crippen molar-refractivity contribution >= 4 is 39.2 Å². The molecule has 8 heteroatoms. The lowest BCUT2D eigenvalue weighted by molar-refractivity contribution is 0.0512. The zero-order chi connectivity index (χ0) is 30.2. The SMILES string of the molecule is CCOC(=O)c1c(CCCOc2cccc3ccccc23)c2cccc(-c3c(CCl)n[nH]c3C)c2n1CCCCCNC. The van der Waals surface area contributed by atoms with Crippen LogP contribution in [-0.2, 0) is 23.6 Å². The van der Waals surface area contributed by atoms with Crippen LogP contribution >= 0.6 is 11.6 Å². The third-order valence-corrected chi connectivity index (χ3v) is 8.21. The Labute approximate surface area is 258 Å². The number of carbonyl (C=O) groups is 1. The first-order chi connectivity index (χ1) is 21.1. The van der Waals surface area contributed by atoms with Crippen LogP contribution in [0.2, 0.25) is 0 Å². The molecular weight excluding hydrogens is 560 g/mol. The van der Waals surface area contributed by atoms with E-state index in [1.54, 1.807) is 0 Å². The summed E-state index contributed by atoms with van der Waals surface area (Å²) in [5.74, 6) is 0.884. The fourth-order valence-corrected chi connectivity index (χ4v) is 6.22. The summed E-state index contributed by atoms with van der Waals surface area (Å²) in [4.78, 5) is 13.7. The van der Waals surface area contributed by atoms with Crippen LogP contribution in [-0.4, -0.2) is 47.5 Å². The van der Waals surface area contributed by atoms with Crippen molar-refractivity contribution in [3.05, 3.63) is 83.3 Å². The first-order valence-electron chi connectivity index (χ1n) is 15.3. The van der Waals surface area contributed by atoms with Crippen LogP contribution in [0.5, 0.6) is 5.75 Å². The third kappa shape index (κ3) is 6.58. The normalized spacial score (nSPS) is 11.4. The van der Waals surface area contributed by atoms with Crippen LogP contribution in [0.4, 0.5) is 0 Å². The number of unbranched alkanes of at least 4 members (excludes halogenated alkanes) is 2. The minimum absolute atomic E-state index is 0.286. The highest BCUT2D eigenvalue weighted by Gasteiger charge is 2.27. The average molecular weight is 601 g/mol. The van der Waals surface area contributed by atoms with Crippen LogP contribution in [0.25, 0.3) is 32.8 Å². The van der Waals surface area contributed by atoms with Crippen molar-refractivity contribution in [1.82, 2.24) is 20.1 Å². The molecular formula is C35H41ClN4O3. The molecule has 0 radical (unpaired) electrons. The van der Waals surface area contributed by atoms with E-state index in [1.165, 1.54) is 0 Å². The van der Waals surface area contributed by atoms with Crippen molar-refractivity contribution in [1.29, 1.82) is 0 Å². The Kier molecular flexibility index (Phi) is 10.4. The quantitative estimate of drug-likeness (QED) is 0.0727. The molecule has 2 aromatic heterocycles. The Balaban J connectivity index is 1.54. The van der Waals surface area contributed by atoms with E-state index in [0.29, 0.717) is 37.8 Å². The number of nitrogens with one attached hydrogen (secondary N) is 2. The molecule has 5 rings (SSSR count). The van der Waals surface area contributed by atoms with Crippen LogP contribution in [0, 0.1) is 6.92 Å². The summed E-state index contributed by atoms with van der Waals surface area (Å²) < 4.78 is 14.1. The fourth-order valence-electron chi connectivity index (χ4n) is 6.03. The molecule has 0 atom stereocenters. The van der Waals surface area contributed by atoms with Crippen molar-refractivity contribution in [2.24, 2.45) is 0 Å². The Bertz CT molecular complexity index is 1680. The van der Waals surface area contributed by atoms with Gasteiger partial charge in [0.25, 0.3) is 0 Å². The number of nitrogens with zero attached hydrogens (tertiary/aromatic N) is 2. The number of esters is 1. The number of halogens is 1. The van der Waals surface area contributed by atoms with E-state index in [1.807, 2.05) is 45.2 Å². The average Bonchev–Trinajstić information content (AvgIpc) is 3.56. The summed E-state index contributed by atoms with van der Waals surface area (Å²) in [7, 11) is 1.97. The smallest absolute Gasteiger partial charge is 0.355 e. The number of fused-ring (bicyclic) bond motifs is 2. The van der Waals surface area contributed by atoms with Gasteiger partial charge in [-0.3, -0.25) is 5.10 Å². The summed E-state index contributed by atoms with van der Waals surface area (Å²) in [5, 5.41) is 14.1. The van der Waals surface area contributed by atoms with Gasteiger partial charge in [0.2, 0.25) is 0 Å². The van der Waals surface area contributed by atoms with E-state index < -0.39 is 0 Å². The van der Waals surface area contributed by atoms with Gasteiger partial charge in [-0.15, -0.1) is 11.6 Å². The number of aromatic nitrogens is 3. The van der Waals surface area contributed by atoms with Crippen molar-refractivity contribution in [2.45, 2.75) is 58.4 Å². The molecule has 0 aliphatic heterocycles. The third-order valence-electron chi connectivity index (χ3n) is 7.96. The number of aryl methyl sites for hydroxylation is 3. The highest BCUT2D eigenvalue weighted by molar-refractivity contribution is 6.17. The van der Waals surface area contributed by atoms with Gasteiger partial charge < -0.3 is 19.4 Å². The van der Waals surface area contributed by atoms with Gasteiger partial charge in [-0.05, 0) is 70.1 Å². The molecule has 0 unspecified atom stereocenters. The number of carbonyl (C=O) groups excluding carboxylic acids is 1. The van der Waals surface area contributed by atoms with Crippen LogP contribution in [0.15, 0.2) is 60.7 Å². The van der Waals surface area contributed by atoms with E-state index in [-0.39, 0.29) is 5.97 Å². The highest BCUT2D eigenvalue weighted by atomic mass is 35.5. The first-order valence-corrected chi connectivity index (χ1v) is 15.8. The molecule has 0 spiro atoms. The molecule has 0 saturated carbocycles. The standard InChI is InChI=1S/C35H41ClN4O3/c1-4-42-35(41)34-28(18-12-22-43-31-19-10-14-25-13-6-7-15-26(25)31)27-16-11-17-29(32-24(2)38-39-30(32)23-36)33(27)40(34)21-9-5-8-20-37-3/h6-7,10-11,13-17,19,37H,4-5,8-9,12,18,20-23H2,1-3H3,(H,38,39). The second-order valence-electron chi connectivity index (χ2n) is 10.8. The summed E-state index contributed by atoms with van der Waals surface area (Å²) in [6, 6.07) is 20.7. The molecule has 226 valence electrons. The lowest BCUT2D eigenvalue weighted by Gasteiger charge is -2.14. The number of hydrogen-bond acceptors (Lipinski definition) is 5. The molecule has 43 heavy (non-hydrogen) atoms. The molecule has 0 bridgehead atoms. The van der Waals surface area contributed by atoms with E-state index in [2.05, 4.69) is 56.5 Å². The summed E-state index contributed by atoms with van der Waals surface area (Å²) in [6.45, 7) is 6.40. The van der Waals surface area contributed by atoms with Gasteiger partial charge in [0.15, 0.2) is 0 Å². The maximum absolute atomic E-state index is 13.7. The Morgan fingerprint density at radius 1 is 1.00 bits per heavy atom. The summed E-state index contributed by atoms with van der Waals surface area (Å²) in [6.07, 6.45) is 4.50. The maximum Gasteiger partial charge on any atom is 0.355 e. The number of H-pyrrole nitrogens is 1. The van der Waals surface area contributed by atoms with Crippen LogP contribution in [0.1, 0.15) is 60.0 Å². The molecule has 2 N–H and O–H groups in total. The van der Waals surface area contributed by atoms with Crippen molar-refractivity contribution < 1.29 is 14.3 Å². The van der Waals surface area contributed by atoms with Gasteiger partial charge in [0, 0.05) is 34.1 Å².